The molecule has 0 saturated carbocycles. The number of amides is 1. The summed E-state index contributed by atoms with van der Waals surface area (Å²) in [5, 5.41) is 1.81. The summed E-state index contributed by atoms with van der Waals surface area (Å²) in [6.45, 7) is 0.480. The first-order valence-corrected chi connectivity index (χ1v) is 6.62. The van der Waals surface area contributed by atoms with Crippen LogP contribution in [0.3, 0.4) is 0 Å². The molecule has 0 bridgehead atoms. The number of halogens is 4. The maximum absolute atomic E-state index is 13.3. The van der Waals surface area contributed by atoms with Crippen molar-refractivity contribution in [2.75, 3.05) is 26.7 Å². The van der Waals surface area contributed by atoms with E-state index in [2.05, 4.69) is 0 Å². The van der Waals surface area contributed by atoms with Crippen LogP contribution in [0.5, 0.6) is 5.75 Å². The van der Waals surface area contributed by atoms with Crippen molar-refractivity contribution < 1.29 is 27.1 Å². The molecule has 0 aliphatic carbocycles. The highest BCUT2D eigenvalue weighted by atomic mass is 19.4. The summed E-state index contributed by atoms with van der Waals surface area (Å²) in [6, 6.07) is 5.11. The summed E-state index contributed by atoms with van der Waals surface area (Å²) < 4.78 is 54.6. The van der Waals surface area contributed by atoms with E-state index < -0.39 is 30.5 Å². The Balaban J connectivity index is 2.36. The SMILES string of the molecule is CC(C(=O)NCC(F)(F)F)N(C)CCOc1ccccc1F. The molecule has 0 aliphatic heterocycles. The Morgan fingerprint density at radius 1 is 1.36 bits per heavy atom. The van der Waals surface area contributed by atoms with Crippen LogP contribution in [0.25, 0.3) is 0 Å². The van der Waals surface area contributed by atoms with Crippen molar-refractivity contribution in [1.29, 1.82) is 0 Å². The first kappa shape index (κ1) is 18.2. The third kappa shape index (κ3) is 6.30. The van der Waals surface area contributed by atoms with E-state index in [0.717, 1.165) is 0 Å². The van der Waals surface area contributed by atoms with Crippen LogP contribution in [0.1, 0.15) is 6.92 Å². The van der Waals surface area contributed by atoms with Crippen LogP contribution in [0.15, 0.2) is 24.3 Å². The first-order chi connectivity index (χ1) is 10.2. The molecule has 1 aromatic carbocycles. The highest BCUT2D eigenvalue weighted by Crippen LogP contribution is 2.15. The third-order valence-electron chi connectivity index (χ3n) is 3.04. The van der Waals surface area contributed by atoms with Crippen molar-refractivity contribution in [3.05, 3.63) is 30.1 Å². The number of hydrogen-bond acceptors (Lipinski definition) is 3. The van der Waals surface area contributed by atoms with Gasteiger partial charge in [-0.25, -0.2) is 4.39 Å². The lowest BCUT2D eigenvalue weighted by Gasteiger charge is -2.24. The quantitative estimate of drug-likeness (QED) is 0.783. The molecule has 1 rings (SSSR count). The summed E-state index contributed by atoms with van der Waals surface area (Å²) in [5.74, 6) is -1.14. The van der Waals surface area contributed by atoms with Gasteiger partial charge in [0.1, 0.15) is 13.2 Å². The molecule has 0 spiro atoms. The summed E-state index contributed by atoms with van der Waals surface area (Å²) in [5.41, 5.74) is 0. The van der Waals surface area contributed by atoms with Gasteiger partial charge in [0, 0.05) is 6.54 Å². The maximum Gasteiger partial charge on any atom is 0.405 e. The topological polar surface area (TPSA) is 41.6 Å². The number of carbonyl (C=O) groups excluding carboxylic acids is 1. The van der Waals surface area contributed by atoms with Crippen LogP contribution in [0.4, 0.5) is 17.6 Å². The Morgan fingerprint density at radius 2 is 2.00 bits per heavy atom. The number of likely N-dealkylation sites (N-methyl/N-ethyl adjacent to an activating group) is 1. The Labute approximate surface area is 126 Å². The van der Waals surface area contributed by atoms with Gasteiger partial charge in [-0.2, -0.15) is 13.2 Å². The molecule has 0 heterocycles. The Kier molecular flexibility index (Phi) is 6.61. The maximum atomic E-state index is 13.3. The van der Waals surface area contributed by atoms with Gasteiger partial charge in [-0.1, -0.05) is 12.1 Å². The second kappa shape index (κ2) is 7.98. The number of ether oxygens (including phenoxy) is 1. The van der Waals surface area contributed by atoms with Gasteiger partial charge < -0.3 is 10.1 Å². The van der Waals surface area contributed by atoms with E-state index in [1.54, 1.807) is 13.1 Å². The summed E-state index contributed by atoms with van der Waals surface area (Å²) in [7, 11) is 1.57. The van der Waals surface area contributed by atoms with Crippen molar-refractivity contribution in [3.63, 3.8) is 0 Å². The molecular weight excluding hydrogens is 304 g/mol. The second-order valence-corrected chi connectivity index (χ2v) is 4.77. The molecule has 0 radical (unpaired) electrons. The predicted molar refractivity (Wildman–Crippen MR) is 73.1 cm³/mol. The number of para-hydroxylation sites is 1. The number of carbonyl (C=O) groups is 1. The summed E-state index contributed by atoms with van der Waals surface area (Å²) in [6.07, 6.45) is -4.44. The number of nitrogens with one attached hydrogen (secondary N) is 1. The fourth-order valence-corrected chi connectivity index (χ4v) is 1.59. The standard InChI is InChI=1S/C14H18F4N2O2/c1-10(13(21)19-9-14(16,17)18)20(2)7-8-22-12-6-4-3-5-11(12)15/h3-6,10H,7-9H2,1-2H3,(H,19,21). The van der Waals surface area contributed by atoms with Crippen molar-refractivity contribution in [1.82, 2.24) is 10.2 Å². The molecule has 4 nitrogen and oxygen atoms in total. The summed E-state index contributed by atoms with van der Waals surface area (Å²) in [4.78, 5) is 13.1. The average molecular weight is 322 g/mol. The number of rotatable bonds is 7. The van der Waals surface area contributed by atoms with E-state index in [1.807, 2.05) is 5.32 Å². The fraction of sp³-hybridized carbons (Fsp3) is 0.500. The molecule has 1 amide bonds. The van der Waals surface area contributed by atoms with Crippen molar-refractivity contribution in [3.8, 4) is 5.75 Å². The lowest BCUT2D eigenvalue weighted by Crippen LogP contribution is -2.46. The molecule has 1 unspecified atom stereocenters. The van der Waals surface area contributed by atoms with Crippen LogP contribution in [-0.2, 0) is 4.79 Å². The van der Waals surface area contributed by atoms with E-state index in [-0.39, 0.29) is 18.9 Å². The zero-order valence-electron chi connectivity index (χ0n) is 12.3. The highest BCUT2D eigenvalue weighted by Gasteiger charge is 2.29. The lowest BCUT2D eigenvalue weighted by molar-refractivity contribution is -0.141. The van der Waals surface area contributed by atoms with E-state index in [0.29, 0.717) is 0 Å². The monoisotopic (exact) mass is 322 g/mol. The van der Waals surface area contributed by atoms with Gasteiger partial charge in [0.05, 0.1) is 6.04 Å². The second-order valence-electron chi connectivity index (χ2n) is 4.77. The summed E-state index contributed by atoms with van der Waals surface area (Å²) >= 11 is 0. The van der Waals surface area contributed by atoms with E-state index in [9.17, 15) is 22.4 Å². The minimum atomic E-state index is -4.44. The fourth-order valence-electron chi connectivity index (χ4n) is 1.59. The molecule has 0 saturated heterocycles. The predicted octanol–water partition coefficient (Wildman–Crippen LogP) is 2.20. The lowest BCUT2D eigenvalue weighted by atomic mass is 10.2. The molecule has 1 aromatic rings. The number of benzene rings is 1. The van der Waals surface area contributed by atoms with Gasteiger partial charge in [0.2, 0.25) is 5.91 Å². The Bertz CT molecular complexity index is 494. The van der Waals surface area contributed by atoms with Gasteiger partial charge in [0.15, 0.2) is 11.6 Å². The number of hydrogen-bond donors (Lipinski definition) is 1. The van der Waals surface area contributed by atoms with Gasteiger partial charge in [0.25, 0.3) is 0 Å². The molecule has 0 aromatic heterocycles. The zero-order chi connectivity index (χ0) is 16.8. The van der Waals surface area contributed by atoms with Gasteiger partial charge >= 0.3 is 6.18 Å². The van der Waals surface area contributed by atoms with Crippen molar-refractivity contribution in [2.45, 2.75) is 19.1 Å². The minimum Gasteiger partial charge on any atom is -0.489 e. The van der Waals surface area contributed by atoms with Crippen LogP contribution >= 0.6 is 0 Å². The van der Waals surface area contributed by atoms with E-state index >= 15 is 0 Å². The molecule has 22 heavy (non-hydrogen) atoms. The van der Waals surface area contributed by atoms with Gasteiger partial charge in [-0.3, -0.25) is 9.69 Å². The Morgan fingerprint density at radius 3 is 2.59 bits per heavy atom. The minimum absolute atomic E-state index is 0.0880. The zero-order valence-corrected chi connectivity index (χ0v) is 12.3. The van der Waals surface area contributed by atoms with Crippen LogP contribution < -0.4 is 10.1 Å². The third-order valence-corrected chi connectivity index (χ3v) is 3.04. The average Bonchev–Trinajstić information content (AvgIpc) is 2.45. The van der Waals surface area contributed by atoms with Crippen LogP contribution in [0.2, 0.25) is 0 Å². The van der Waals surface area contributed by atoms with Gasteiger partial charge in [-0.05, 0) is 26.1 Å². The van der Waals surface area contributed by atoms with Crippen molar-refractivity contribution in [2.24, 2.45) is 0 Å². The van der Waals surface area contributed by atoms with Crippen LogP contribution in [-0.4, -0.2) is 49.8 Å². The molecule has 8 heteroatoms. The van der Waals surface area contributed by atoms with Crippen LogP contribution in [0, 0.1) is 5.82 Å². The molecule has 0 aliphatic rings. The largest absolute Gasteiger partial charge is 0.489 e. The molecule has 124 valence electrons. The molecule has 1 atom stereocenters. The molecule has 1 N–H and O–H groups in total. The van der Waals surface area contributed by atoms with E-state index in [1.165, 1.54) is 30.0 Å². The van der Waals surface area contributed by atoms with E-state index in [4.69, 9.17) is 4.74 Å². The van der Waals surface area contributed by atoms with Gasteiger partial charge in [-0.15, -0.1) is 0 Å². The Hall–Kier alpha value is -1.83. The molecular formula is C14H18F4N2O2. The highest BCUT2D eigenvalue weighted by molar-refractivity contribution is 5.81. The normalized spacial score (nSPS) is 13.0. The molecule has 0 fully saturated rings. The smallest absolute Gasteiger partial charge is 0.405 e. The number of nitrogens with zero attached hydrogens (tertiary/aromatic N) is 1. The van der Waals surface area contributed by atoms with Crippen molar-refractivity contribution >= 4 is 5.91 Å². The first-order valence-electron chi connectivity index (χ1n) is 6.62. The number of alkyl halides is 3.